The second-order valence-electron chi connectivity index (χ2n) is 3.21. The fourth-order valence-corrected chi connectivity index (χ4v) is 1.63. The van der Waals surface area contributed by atoms with Crippen molar-refractivity contribution < 1.29 is 19.7 Å². The van der Waals surface area contributed by atoms with Gasteiger partial charge in [-0.1, -0.05) is 6.07 Å². The SMILES string of the molecule is [O]c1c2ccc(OCC(=O)O)c1CC2. The van der Waals surface area contributed by atoms with Gasteiger partial charge in [-0.25, -0.2) is 4.79 Å². The summed E-state index contributed by atoms with van der Waals surface area (Å²) in [6, 6.07) is 3.37. The van der Waals surface area contributed by atoms with Crippen LogP contribution in [0.2, 0.25) is 0 Å². The molecule has 14 heavy (non-hydrogen) atoms. The van der Waals surface area contributed by atoms with E-state index < -0.39 is 12.6 Å². The normalized spacial score (nSPS) is 12.9. The molecule has 0 aromatic heterocycles. The van der Waals surface area contributed by atoms with Gasteiger partial charge in [-0.3, -0.25) is 5.11 Å². The van der Waals surface area contributed by atoms with Crippen molar-refractivity contribution in [2.45, 2.75) is 12.8 Å². The molecular weight excluding hydrogens is 184 g/mol. The van der Waals surface area contributed by atoms with Gasteiger partial charge in [0.15, 0.2) is 12.4 Å². The van der Waals surface area contributed by atoms with Crippen molar-refractivity contribution >= 4 is 5.97 Å². The van der Waals surface area contributed by atoms with Gasteiger partial charge in [0.1, 0.15) is 5.75 Å². The number of aliphatic carboxylic acids is 1. The molecule has 4 nitrogen and oxygen atoms in total. The van der Waals surface area contributed by atoms with Crippen molar-refractivity contribution in [3.05, 3.63) is 23.3 Å². The summed E-state index contributed by atoms with van der Waals surface area (Å²) >= 11 is 0. The van der Waals surface area contributed by atoms with Gasteiger partial charge in [-0.2, -0.15) is 0 Å². The molecule has 0 unspecified atom stereocenters. The zero-order valence-corrected chi connectivity index (χ0v) is 7.45. The largest absolute Gasteiger partial charge is 0.481 e. The molecule has 1 aliphatic rings. The summed E-state index contributed by atoms with van der Waals surface area (Å²) in [6.07, 6.45) is 1.40. The predicted octanol–water partition coefficient (Wildman–Crippen LogP) is 1.39. The number of hydrogen-bond acceptors (Lipinski definition) is 2. The predicted molar refractivity (Wildman–Crippen MR) is 47.1 cm³/mol. The first-order chi connectivity index (χ1) is 6.68. The van der Waals surface area contributed by atoms with Crippen LogP contribution < -0.4 is 4.74 Å². The van der Waals surface area contributed by atoms with Crippen LogP contribution in [0.15, 0.2) is 12.1 Å². The van der Waals surface area contributed by atoms with E-state index in [4.69, 9.17) is 9.84 Å². The summed E-state index contributed by atoms with van der Waals surface area (Å²) < 4.78 is 5.00. The van der Waals surface area contributed by atoms with Crippen molar-refractivity contribution in [2.24, 2.45) is 0 Å². The molecule has 2 rings (SSSR count). The summed E-state index contributed by atoms with van der Waals surface area (Å²) in [5.41, 5.74) is 1.41. The van der Waals surface area contributed by atoms with Crippen molar-refractivity contribution in [3.63, 3.8) is 0 Å². The van der Waals surface area contributed by atoms with Crippen LogP contribution in [0.4, 0.5) is 0 Å². The van der Waals surface area contributed by atoms with E-state index in [0.717, 1.165) is 12.0 Å². The molecule has 0 amide bonds. The number of aryl methyl sites for hydroxylation is 1. The van der Waals surface area contributed by atoms with Crippen LogP contribution in [0.5, 0.6) is 11.5 Å². The van der Waals surface area contributed by atoms with Crippen LogP contribution in [-0.2, 0) is 22.7 Å². The molecule has 0 saturated heterocycles. The van der Waals surface area contributed by atoms with Crippen LogP contribution >= 0.6 is 0 Å². The maximum Gasteiger partial charge on any atom is 0.341 e. The number of ether oxygens (including phenoxy) is 1. The molecule has 0 aliphatic heterocycles. The van der Waals surface area contributed by atoms with Crippen LogP contribution in [0, 0.1) is 0 Å². The van der Waals surface area contributed by atoms with Gasteiger partial charge in [-0.15, -0.1) is 0 Å². The summed E-state index contributed by atoms with van der Waals surface area (Å²) in [5.74, 6) is -0.613. The third kappa shape index (κ3) is 1.39. The Morgan fingerprint density at radius 1 is 1.43 bits per heavy atom. The van der Waals surface area contributed by atoms with Crippen molar-refractivity contribution in [1.29, 1.82) is 0 Å². The topological polar surface area (TPSA) is 66.4 Å². The lowest BCUT2D eigenvalue weighted by atomic mass is 10.2. The minimum atomic E-state index is -1.04. The molecule has 0 atom stereocenters. The minimum Gasteiger partial charge on any atom is -0.481 e. The monoisotopic (exact) mass is 193 g/mol. The maximum atomic E-state index is 11.5. The molecule has 0 spiro atoms. The van der Waals surface area contributed by atoms with E-state index in [1.165, 1.54) is 0 Å². The number of fused-ring (bicyclic) bond motifs is 2. The molecule has 1 aliphatic carbocycles. The molecule has 0 heterocycles. The smallest absolute Gasteiger partial charge is 0.341 e. The number of hydrogen-bond donors (Lipinski definition) is 1. The van der Waals surface area contributed by atoms with Crippen LogP contribution in [-0.4, -0.2) is 17.7 Å². The van der Waals surface area contributed by atoms with E-state index in [9.17, 15) is 9.90 Å². The van der Waals surface area contributed by atoms with Gasteiger partial charge in [0, 0.05) is 11.1 Å². The van der Waals surface area contributed by atoms with Crippen molar-refractivity contribution in [2.75, 3.05) is 6.61 Å². The van der Waals surface area contributed by atoms with Gasteiger partial charge in [0.2, 0.25) is 0 Å². The fraction of sp³-hybridized carbons (Fsp3) is 0.300. The van der Waals surface area contributed by atoms with Gasteiger partial charge < -0.3 is 9.84 Å². The Labute approximate surface area is 80.7 Å². The number of benzene rings is 1. The molecule has 1 aromatic rings. The average molecular weight is 193 g/mol. The second kappa shape index (κ2) is 3.21. The van der Waals surface area contributed by atoms with E-state index >= 15 is 0 Å². The highest BCUT2D eigenvalue weighted by molar-refractivity contribution is 5.68. The summed E-state index contributed by atoms with van der Waals surface area (Å²) in [5, 5.41) is 19.9. The number of carboxylic acids is 1. The van der Waals surface area contributed by atoms with Crippen molar-refractivity contribution in [3.8, 4) is 11.5 Å². The first kappa shape index (κ1) is 8.87. The van der Waals surface area contributed by atoms with Gasteiger partial charge in [0.25, 0.3) is 0 Å². The van der Waals surface area contributed by atoms with E-state index in [2.05, 4.69) is 0 Å². The summed E-state index contributed by atoms with van der Waals surface area (Å²) in [4.78, 5) is 10.3. The van der Waals surface area contributed by atoms with Crippen LogP contribution in [0.1, 0.15) is 11.1 Å². The Morgan fingerprint density at radius 2 is 2.21 bits per heavy atom. The molecular formula is C10H9O4. The third-order valence-corrected chi connectivity index (χ3v) is 2.29. The Balaban J connectivity index is 2.21. The highest BCUT2D eigenvalue weighted by Crippen LogP contribution is 2.38. The number of rotatable bonds is 3. The maximum absolute atomic E-state index is 11.5. The molecule has 0 fully saturated rings. The molecule has 73 valence electrons. The third-order valence-electron chi connectivity index (χ3n) is 2.29. The first-order valence-electron chi connectivity index (χ1n) is 4.35. The lowest BCUT2D eigenvalue weighted by Gasteiger charge is -2.05. The number of carboxylic acid groups (broad SMARTS) is 1. The Bertz CT molecular complexity index is 384. The zero-order chi connectivity index (χ0) is 10.1. The highest BCUT2D eigenvalue weighted by Gasteiger charge is 2.22. The van der Waals surface area contributed by atoms with Crippen LogP contribution in [0.3, 0.4) is 0 Å². The quantitative estimate of drug-likeness (QED) is 0.788. The number of carbonyl (C=O) groups is 1. The van der Waals surface area contributed by atoms with Crippen molar-refractivity contribution in [1.82, 2.24) is 0 Å². The standard InChI is InChI=1S/C10H9O4/c11-9(12)5-14-8-4-2-6-1-3-7(8)10(6)13/h2,4H,1,3,5H2,(H,11,12). The summed E-state index contributed by atoms with van der Waals surface area (Å²) in [6.45, 7) is -0.397. The lowest BCUT2D eigenvalue weighted by molar-refractivity contribution is -0.139. The average Bonchev–Trinajstić information content (AvgIpc) is 2.39. The molecule has 1 radical (unpaired) electrons. The first-order valence-corrected chi connectivity index (χ1v) is 4.35. The van der Waals surface area contributed by atoms with Gasteiger partial charge >= 0.3 is 5.97 Å². The van der Waals surface area contributed by atoms with E-state index in [-0.39, 0.29) is 5.75 Å². The van der Waals surface area contributed by atoms with Gasteiger partial charge in [0.05, 0.1) is 0 Å². The minimum absolute atomic E-state index is 0.00730. The molecule has 0 saturated carbocycles. The molecule has 1 N–H and O–H groups in total. The van der Waals surface area contributed by atoms with E-state index in [0.29, 0.717) is 17.7 Å². The van der Waals surface area contributed by atoms with Crippen LogP contribution in [0.25, 0.3) is 0 Å². The van der Waals surface area contributed by atoms with Gasteiger partial charge in [-0.05, 0) is 18.9 Å². The Kier molecular flexibility index (Phi) is 2.04. The molecule has 2 bridgehead atoms. The molecule has 1 aromatic carbocycles. The lowest BCUT2D eigenvalue weighted by Crippen LogP contribution is -2.10. The molecule has 4 heteroatoms. The Hall–Kier alpha value is -1.71. The highest BCUT2D eigenvalue weighted by atomic mass is 16.5. The summed E-state index contributed by atoms with van der Waals surface area (Å²) in [7, 11) is 0. The van der Waals surface area contributed by atoms with E-state index in [1.807, 2.05) is 0 Å². The Morgan fingerprint density at radius 3 is 2.93 bits per heavy atom. The zero-order valence-electron chi connectivity index (χ0n) is 7.45. The van der Waals surface area contributed by atoms with E-state index in [1.54, 1.807) is 12.1 Å². The second-order valence-corrected chi connectivity index (χ2v) is 3.21. The fourth-order valence-electron chi connectivity index (χ4n) is 1.63.